The Hall–Kier alpha value is -3.25. The molecular weight excluding hydrogens is 390 g/mol. The van der Waals surface area contributed by atoms with Gasteiger partial charge in [0.2, 0.25) is 5.91 Å². The van der Waals surface area contributed by atoms with E-state index in [1.54, 1.807) is 6.92 Å². The highest BCUT2D eigenvalue weighted by atomic mass is 16.5. The van der Waals surface area contributed by atoms with Crippen LogP contribution in [0.3, 0.4) is 0 Å². The summed E-state index contributed by atoms with van der Waals surface area (Å²) >= 11 is 0. The minimum atomic E-state index is -0.387. The van der Waals surface area contributed by atoms with E-state index in [2.05, 4.69) is 5.32 Å². The molecule has 6 nitrogen and oxygen atoms in total. The van der Waals surface area contributed by atoms with Crippen LogP contribution in [0.1, 0.15) is 39.7 Å². The summed E-state index contributed by atoms with van der Waals surface area (Å²) in [5.41, 5.74) is 5.62. The predicted molar refractivity (Wildman–Crippen MR) is 123 cm³/mol. The Balaban J connectivity index is 1.83. The Morgan fingerprint density at radius 3 is 2.39 bits per heavy atom. The molecule has 1 heterocycles. The van der Waals surface area contributed by atoms with Crippen molar-refractivity contribution in [3.63, 3.8) is 0 Å². The number of carbonyl (C=O) groups excluding carboxylic acids is 2. The Morgan fingerprint density at radius 1 is 1.03 bits per heavy atom. The van der Waals surface area contributed by atoms with Gasteiger partial charge < -0.3 is 10.1 Å². The Bertz CT molecular complexity index is 1100. The Morgan fingerprint density at radius 2 is 1.71 bits per heavy atom. The van der Waals surface area contributed by atoms with Gasteiger partial charge in [0.15, 0.2) is 0 Å². The number of likely N-dealkylation sites (N-methyl/N-ethyl adjacent to an activating group) is 1. The van der Waals surface area contributed by atoms with Crippen LogP contribution < -0.4 is 5.32 Å². The first-order valence-corrected chi connectivity index (χ1v) is 10.4. The maximum absolute atomic E-state index is 12.7. The molecule has 162 valence electrons. The molecule has 0 saturated heterocycles. The SMILES string of the molecule is CCOC(=O)c1c(CN(C)CC(=O)Nc2c(C)cccc2C)nc2ccccc2c1C. The molecule has 0 atom stereocenters. The highest BCUT2D eigenvalue weighted by Gasteiger charge is 2.21. The van der Waals surface area contributed by atoms with Gasteiger partial charge in [-0.25, -0.2) is 4.79 Å². The molecule has 1 N–H and O–H groups in total. The van der Waals surface area contributed by atoms with Crippen molar-refractivity contribution in [2.45, 2.75) is 34.2 Å². The molecule has 0 radical (unpaired) electrons. The summed E-state index contributed by atoms with van der Waals surface area (Å²) in [7, 11) is 1.84. The number of ether oxygens (including phenoxy) is 1. The fourth-order valence-electron chi connectivity index (χ4n) is 3.78. The maximum Gasteiger partial charge on any atom is 0.340 e. The minimum Gasteiger partial charge on any atom is -0.462 e. The Labute approximate surface area is 183 Å². The van der Waals surface area contributed by atoms with Crippen molar-refractivity contribution in [1.82, 2.24) is 9.88 Å². The molecule has 31 heavy (non-hydrogen) atoms. The molecule has 0 bridgehead atoms. The van der Waals surface area contributed by atoms with Crippen LogP contribution in [0.5, 0.6) is 0 Å². The molecule has 2 aromatic carbocycles. The first-order valence-electron chi connectivity index (χ1n) is 10.4. The molecule has 1 amide bonds. The third-order valence-corrected chi connectivity index (χ3v) is 5.29. The topological polar surface area (TPSA) is 71.5 Å². The second-order valence-electron chi connectivity index (χ2n) is 7.78. The van der Waals surface area contributed by atoms with Crippen LogP contribution in [0.25, 0.3) is 10.9 Å². The first kappa shape index (κ1) is 22.4. The predicted octanol–water partition coefficient (Wildman–Crippen LogP) is 4.41. The number of aryl methyl sites for hydroxylation is 3. The smallest absolute Gasteiger partial charge is 0.340 e. The number of benzene rings is 2. The van der Waals surface area contributed by atoms with Gasteiger partial charge in [-0.2, -0.15) is 0 Å². The van der Waals surface area contributed by atoms with Crippen LogP contribution in [-0.4, -0.2) is 42.0 Å². The second-order valence-corrected chi connectivity index (χ2v) is 7.78. The number of nitrogens with zero attached hydrogens (tertiary/aromatic N) is 2. The number of amides is 1. The third kappa shape index (κ3) is 5.09. The summed E-state index contributed by atoms with van der Waals surface area (Å²) in [4.78, 5) is 31.9. The maximum atomic E-state index is 12.7. The summed E-state index contributed by atoms with van der Waals surface area (Å²) < 4.78 is 5.29. The number of carbonyl (C=O) groups is 2. The van der Waals surface area contributed by atoms with Gasteiger partial charge in [0, 0.05) is 17.6 Å². The number of hydrogen-bond donors (Lipinski definition) is 1. The lowest BCUT2D eigenvalue weighted by Crippen LogP contribution is -2.31. The lowest BCUT2D eigenvalue weighted by atomic mass is 10.0. The lowest BCUT2D eigenvalue weighted by Gasteiger charge is -2.20. The standard InChI is InChI=1S/C25H29N3O3/c1-6-31-25(30)23-18(4)19-12-7-8-13-20(19)26-21(23)14-28(5)15-22(29)27-24-16(2)10-9-11-17(24)3/h7-13H,6,14-15H2,1-5H3,(H,27,29). The van der Waals surface area contributed by atoms with E-state index in [-0.39, 0.29) is 18.4 Å². The summed E-state index contributed by atoms with van der Waals surface area (Å²) in [6, 6.07) is 13.6. The number of fused-ring (bicyclic) bond motifs is 1. The molecule has 3 rings (SSSR count). The van der Waals surface area contributed by atoms with E-state index in [4.69, 9.17) is 9.72 Å². The van der Waals surface area contributed by atoms with Gasteiger partial charge in [0.05, 0.1) is 29.9 Å². The van der Waals surface area contributed by atoms with Crippen LogP contribution >= 0.6 is 0 Å². The van der Waals surface area contributed by atoms with E-state index in [0.29, 0.717) is 24.4 Å². The van der Waals surface area contributed by atoms with E-state index in [9.17, 15) is 9.59 Å². The number of para-hydroxylation sites is 2. The molecular formula is C25H29N3O3. The van der Waals surface area contributed by atoms with Gasteiger partial charge in [0.1, 0.15) is 0 Å². The van der Waals surface area contributed by atoms with Crippen LogP contribution in [0.15, 0.2) is 42.5 Å². The van der Waals surface area contributed by atoms with Crippen molar-refractivity contribution < 1.29 is 14.3 Å². The van der Waals surface area contributed by atoms with Crippen molar-refractivity contribution in [3.05, 3.63) is 70.4 Å². The van der Waals surface area contributed by atoms with Gasteiger partial charge in [0.25, 0.3) is 0 Å². The number of aromatic nitrogens is 1. The van der Waals surface area contributed by atoms with Crippen LogP contribution in [0.2, 0.25) is 0 Å². The monoisotopic (exact) mass is 419 g/mol. The molecule has 6 heteroatoms. The van der Waals surface area contributed by atoms with Gasteiger partial charge in [-0.3, -0.25) is 14.7 Å². The van der Waals surface area contributed by atoms with Crippen molar-refractivity contribution in [2.24, 2.45) is 0 Å². The number of nitrogens with one attached hydrogen (secondary N) is 1. The molecule has 0 spiro atoms. The lowest BCUT2D eigenvalue weighted by molar-refractivity contribution is -0.117. The van der Waals surface area contributed by atoms with Crippen LogP contribution in [0.4, 0.5) is 5.69 Å². The van der Waals surface area contributed by atoms with Crippen LogP contribution in [-0.2, 0) is 16.1 Å². The van der Waals surface area contributed by atoms with Crippen molar-refractivity contribution in [3.8, 4) is 0 Å². The van der Waals surface area contributed by atoms with Gasteiger partial charge >= 0.3 is 5.97 Å². The Kier molecular flexibility index (Phi) is 7.02. The van der Waals surface area contributed by atoms with E-state index >= 15 is 0 Å². The number of rotatable bonds is 7. The summed E-state index contributed by atoms with van der Waals surface area (Å²) in [6.07, 6.45) is 0. The zero-order valence-electron chi connectivity index (χ0n) is 18.8. The highest BCUT2D eigenvalue weighted by molar-refractivity contribution is 5.98. The molecule has 3 aromatic rings. The third-order valence-electron chi connectivity index (χ3n) is 5.29. The number of esters is 1. The highest BCUT2D eigenvalue weighted by Crippen LogP contribution is 2.25. The molecule has 0 saturated carbocycles. The molecule has 0 aliphatic carbocycles. The zero-order chi connectivity index (χ0) is 22.5. The van der Waals surface area contributed by atoms with Crippen LogP contribution in [0, 0.1) is 20.8 Å². The second kappa shape index (κ2) is 9.71. The fraction of sp³-hybridized carbons (Fsp3) is 0.320. The quantitative estimate of drug-likeness (QED) is 0.575. The fourth-order valence-corrected chi connectivity index (χ4v) is 3.78. The zero-order valence-corrected chi connectivity index (χ0v) is 18.8. The van der Waals surface area contributed by atoms with Crippen molar-refractivity contribution >= 4 is 28.5 Å². The van der Waals surface area contributed by atoms with Gasteiger partial charge in [-0.05, 0) is 57.5 Å². The summed E-state index contributed by atoms with van der Waals surface area (Å²) in [5.74, 6) is -0.503. The molecule has 0 aliphatic rings. The molecule has 0 aliphatic heterocycles. The summed E-state index contributed by atoms with van der Waals surface area (Å²) in [5, 5.41) is 3.92. The summed E-state index contributed by atoms with van der Waals surface area (Å²) in [6.45, 7) is 8.44. The van der Waals surface area contributed by atoms with Gasteiger partial charge in [-0.1, -0.05) is 36.4 Å². The minimum absolute atomic E-state index is 0.116. The average Bonchev–Trinajstić information content (AvgIpc) is 2.71. The van der Waals surface area contributed by atoms with E-state index in [1.165, 1.54) is 0 Å². The van der Waals surface area contributed by atoms with Crippen molar-refractivity contribution in [2.75, 3.05) is 25.5 Å². The molecule has 0 fully saturated rings. The largest absolute Gasteiger partial charge is 0.462 e. The number of hydrogen-bond acceptors (Lipinski definition) is 5. The van der Waals surface area contributed by atoms with E-state index in [1.807, 2.05) is 75.2 Å². The average molecular weight is 420 g/mol. The molecule has 1 aromatic heterocycles. The normalized spacial score (nSPS) is 11.0. The van der Waals surface area contributed by atoms with Crippen molar-refractivity contribution in [1.29, 1.82) is 0 Å². The van der Waals surface area contributed by atoms with E-state index < -0.39 is 0 Å². The first-order chi connectivity index (χ1) is 14.8. The number of pyridine rings is 1. The molecule has 0 unspecified atom stereocenters. The van der Waals surface area contributed by atoms with E-state index in [0.717, 1.165) is 33.3 Å². The van der Waals surface area contributed by atoms with Gasteiger partial charge in [-0.15, -0.1) is 0 Å². The number of anilines is 1.